The highest BCUT2D eigenvalue weighted by molar-refractivity contribution is 5.72. The van der Waals surface area contributed by atoms with Crippen LogP contribution in [0.2, 0.25) is 0 Å². The van der Waals surface area contributed by atoms with Crippen molar-refractivity contribution in [3.05, 3.63) is 0 Å². The van der Waals surface area contributed by atoms with Crippen molar-refractivity contribution in [2.75, 3.05) is 7.11 Å². The zero-order valence-electron chi connectivity index (χ0n) is 5.16. The van der Waals surface area contributed by atoms with E-state index in [1.807, 2.05) is 0 Å². The van der Waals surface area contributed by atoms with E-state index in [0.717, 1.165) is 0 Å². The largest absolute Gasteiger partial charge is 0.434 e. The Labute approximate surface area is 52.9 Å². The van der Waals surface area contributed by atoms with Gasteiger partial charge in [0.2, 0.25) is 6.29 Å². The minimum Gasteiger partial charge on any atom is -0.434 e. The maximum absolute atomic E-state index is 10.4. The van der Waals surface area contributed by atoms with E-state index in [0.29, 0.717) is 0 Å². The number of carbonyl (C=O) groups is 1. The van der Waals surface area contributed by atoms with Crippen molar-refractivity contribution >= 4 is 5.97 Å². The Morgan fingerprint density at radius 2 is 2.56 bits per heavy atom. The van der Waals surface area contributed by atoms with Crippen molar-refractivity contribution in [1.82, 2.24) is 0 Å². The Balaban J connectivity index is 2.47. The van der Waals surface area contributed by atoms with Crippen molar-refractivity contribution in [1.29, 1.82) is 0 Å². The molecular formula is C5H9NO3. The number of methoxy groups -OCH3 is 1. The van der Waals surface area contributed by atoms with E-state index in [2.05, 4.69) is 4.74 Å². The average Bonchev–Trinajstić information content (AvgIpc) is 2.10. The lowest BCUT2D eigenvalue weighted by atomic mass is 10.2. The van der Waals surface area contributed by atoms with Crippen LogP contribution in [-0.2, 0) is 14.3 Å². The normalized spacial score (nSPS) is 34.7. The molecule has 0 amide bonds. The van der Waals surface area contributed by atoms with Crippen LogP contribution >= 0.6 is 0 Å². The number of ether oxygens (including phenoxy) is 2. The molecule has 0 radical (unpaired) electrons. The minimum atomic E-state index is -0.530. The quantitative estimate of drug-likeness (QED) is 0.475. The van der Waals surface area contributed by atoms with Gasteiger partial charge < -0.3 is 15.2 Å². The molecule has 1 fully saturated rings. The first-order valence-corrected chi connectivity index (χ1v) is 2.72. The SMILES string of the molecule is COC1OC(=O)CC1N. The zero-order valence-corrected chi connectivity index (χ0v) is 5.16. The molecule has 2 atom stereocenters. The van der Waals surface area contributed by atoms with Crippen LogP contribution in [0.4, 0.5) is 0 Å². The van der Waals surface area contributed by atoms with Gasteiger partial charge in [0.05, 0.1) is 12.5 Å². The van der Waals surface area contributed by atoms with Gasteiger partial charge in [-0.15, -0.1) is 0 Å². The molecule has 9 heavy (non-hydrogen) atoms. The fourth-order valence-corrected chi connectivity index (χ4v) is 0.777. The first-order chi connectivity index (χ1) is 4.24. The lowest BCUT2D eigenvalue weighted by molar-refractivity contribution is -0.158. The van der Waals surface area contributed by atoms with Crippen LogP contribution in [0.25, 0.3) is 0 Å². The molecule has 52 valence electrons. The molecule has 1 aliphatic heterocycles. The Kier molecular flexibility index (Phi) is 1.68. The Morgan fingerprint density at radius 1 is 1.89 bits per heavy atom. The first kappa shape index (κ1) is 6.51. The van der Waals surface area contributed by atoms with E-state index < -0.39 is 6.29 Å². The van der Waals surface area contributed by atoms with Gasteiger partial charge in [0, 0.05) is 7.11 Å². The molecule has 4 heteroatoms. The van der Waals surface area contributed by atoms with E-state index in [9.17, 15) is 4.79 Å². The maximum Gasteiger partial charge on any atom is 0.309 e. The van der Waals surface area contributed by atoms with Gasteiger partial charge in [-0.25, -0.2) is 0 Å². The lowest BCUT2D eigenvalue weighted by Gasteiger charge is -2.09. The first-order valence-electron chi connectivity index (χ1n) is 2.72. The van der Waals surface area contributed by atoms with E-state index in [1.165, 1.54) is 7.11 Å². The molecule has 1 saturated heterocycles. The van der Waals surface area contributed by atoms with Gasteiger partial charge >= 0.3 is 5.97 Å². The molecule has 2 N–H and O–H groups in total. The standard InChI is InChI=1S/C5H9NO3/c1-8-5-3(6)2-4(7)9-5/h3,5H,2,6H2,1H3. The monoisotopic (exact) mass is 131 g/mol. The molecule has 0 spiro atoms. The highest BCUT2D eigenvalue weighted by atomic mass is 16.7. The fraction of sp³-hybridized carbons (Fsp3) is 0.800. The summed E-state index contributed by atoms with van der Waals surface area (Å²) in [6, 6.07) is -0.289. The van der Waals surface area contributed by atoms with Crippen molar-refractivity contribution in [2.24, 2.45) is 5.73 Å². The number of hydrogen-bond acceptors (Lipinski definition) is 4. The molecular weight excluding hydrogens is 122 g/mol. The fourth-order valence-electron chi connectivity index (χ4n) is 0.777. The van der Waals surface area contributed by atoms with Crippen LogP contribution < -0.4 is 5.73 Å². The second-order valence-electron chi connectivity index (χ2n) is 1.96. The molecule has 1 rings (SSSR count). The van der Waals surface area contributed by atoms with E-state index in [-0.39, 0.29) is 18.4 Å². The van der Waals surface area contributed by atoms with Gasteiger partial charge in [-0.05, 0) is 0 Å². The van der Waals surface area contributed by atoms with Gasteiger partial charge in [0.1, 0.15) is 0 Å². The van der Waals surface area contributed by atoms with Crippen LogP contribution in [0.1, 0.15) is 6.42 Å². The van der Waals surface area contributed by atoms with E-state index >= 15 is 0 Å². The number of hydrogen-bond donors (Lipinski definition) is 1. The molecule has 1 aliphatic rings. The molecule has 0 aliphatic carbocycles. The van der Waals surface area contributed by atoms with Gasteiger partial charge in [0.15, 0.2) is 0 Å². The van der Waals surface area contributed by atoms with Crippen molar-refractivity contribution in [3.63, 3.8) is 0 Å². The van der Waals surface area contributed by atoms with Gasteiger partial charge in [0.25, 0.3) is 0 Å². The van der Waals surface area contributed by atoms with Gasteiger partial charge in [-0.1, -0.05) is 0 Å². The predicted molar refractivity (Wildman–Crippen MR) is 29.5 cm³/mol. The molecule has 0 aromatic heterocycles. The second-order valence-corrected chi connectivity index (χ2v) is 1.96. The third-order valence-corrected chi connectivity index (χ3v) is 1.23. The summed E-state index contributed by atoms with van der Waals surface area (Å²) in [7, 11) is 1.46. The number of nitrogens with two attached hydrogens (primary N) is 1. The van der Waals surface area contributed by atoms with Crippen LogP contribution in [0.5, 0.6) is 0 Å². The number of rotatable bonds is 1. The molecule has 0 aromatic carbocycles. The Bertz CT molecular complexity index is 125. The summed E-state index contributed by atoms with van der Waals surface area (Å²) in [5.74, 6) is -0.283. The summed E-state index contributed by atoms with van der Waals surface area (Å²) >= 11 is 0. The minimum absolute atomic E-state index is 0.262. The van der Waals surface area contributed by atoms with Crippen LogP contribution in [0, 0.1) is 0 Å². The second kappa shape index (κ2) is 2.33. The Morgan fingerprint density at radius 3 is 2.78 bits per heavy atom. The number of carbonyl (C=O) groups excluding carboxylic acids is 1. The average molecular weight is 131 g/mol. The molecule has 4 nitrogen and oxygen atoms in total. The predicted octanol–water partition coefficient (Wildman–Crippen LogP) is -0.767. The van der Waals surface area contributed by atoms with Crippen LogP contribution in [0.15, 0.2) is 0 Å². The molecule has 0 bridgehead atoms. The van der Waals surface area contributed by atoms with E-state index in [1.54, 1.807) is 0 Å². The van der Waals surface area contributed by atoms with Crippen molar-refractivity contribution in [3.8, 4) is 0 Å². The van der Waals surface area contributed by atoms with Crippen LogP contribution in [-0.4, -0.2) is 25.4 Å². The highest BCUT2D eigenvalue weighted by Gasteiger charge is 2.31. The van der Waals surface area contributed by atoms with Gasteiger partial charge in [-0.3, -0.25) is 4.79 Å². The molecule has 2 unspecified atom stereocenters. The third-order valence-electron chi connectivity index (χ3n) is 1.23. The lowest BCUT2D eigenvalue weighted by Crippen LogP contribution is -2.31. The molecule has 1 heterocycles. The number of cyclic esters (lactones) is 1. The number of esters is 1. The van der Waals surface area contributed by atoms with Crippen molar-refractivity contribution < 1.29 is 14.3 Å². The third kappa shape index (κ3) is 1.20. The maximum atomic E-state index is 10.4. The van der Waals surface area contributed by atoms with Gasteiger partial charge in [-0.2, -0.15) is 0 Å². The van der Waals surface area contributed by atoms with E-state index in [4.69, 9.17) is 10.5 Å². The summed E-state index contributed by atoms with van der Waals surface area (Å²) < 4.78 is 9.36. The van der Waals surface area contributed by atoms with Crippen molar-refractivity contribution in [2.45, 2.75) is 18.8 Å². The molecule has 0 aromatic rings. The summed E-state index contributed by atoms with van der Waals surface area (Å²) in [4.78, 5) is 10.4. The Hall–Kier alpha value is -0.610. The molecule has 0 saturated carbocycles. The summed E-state index contributed by atoms with van der Waals surface area (Å²) in [5.41, 5.74) is 5.41. The highest BCUT2D eigenvalue weighted by Crippen LogP contribution is 2.12. The summed E-state index contributed by atoms with van der Waals surface area (Å²) in [6.07, 6.45) is -0.268. The summed E-state index contributed by atoms with van der Waals surface area (Å²) in [6.45, 7) is 0. The summed E-state index contributed by atoms with van der Waals surface area (Å²) in [5, 5.41) is 0. The topological polar surface area (TPSA) is 61.5 Å². The zero-order chi connectivity index (χ0) is 6.85. The smallest absolute Gasteiger partial charge is 0.309 e. The van der Waals surface area contributed by atoms with Crippen LogP contribution in [0.3, 0.4) is 0 Å².